The number of benzene rings is 1. The van der Waals surface area contributed by atoms with Gasteiger partial charge in [0.25, 0.3) is 0 Å². The van der Waals surface area contributed by atoms with Crippen molar-refractivity contribution in [1.82, 2.24) is 0 Å². The number of nitrogens with two attached hydrogens (primary N) is 1. The molecule has 1 rings (SSSR count). The summed E-state index contributed by atoms with van der Waals surface area (Å²) in [6, 6.07) is 8.47. The molecule has 0 aromatic heterocycles. The predicted octanol–water partition coefficient (Wildman–Crippen LogP) is 3.04. The molecule has 0 bridgehead atoms. The Morgan fingerprint density at radius 1 is 1.46 bits per heavy atom. The molecule has 2 heteroatoms. The summed E-state index contributed by atoms with van der Waals surface area (Å²) in [5, 5.41) is 0.688. The molecule has 1 aromatic rings. The molecule has 0 amide bonds. The number of rotatable bonds is 4. The molecule has 0 saturated heterocycles. The van der Waals surface area contributed by atoms with Crippen LogP contribution in [-0.2, 0) is 6.54 Å². The Morgan fingerprint density at radius 2 is 2.23 bits per heavy atom. The average Bonchev–Trinajstić information content (AvgIpc) is 2.18. The second-order valence-electron chi connectivity index (χ2n) is 3.19. The molecular formula is C11H17NS. The molecule has 1 atom stereocenters. The third kappa shape index (κ3) is 3.41. The first-order valence-corrected chi connectivity index (χ1v) is 5.60. The summed E-state index contributed by atoms with van der Waals surface area (Å²) in [5.41, 5.74) is 6.79. The largest absolute Gasteiger partial charge is 0.326 e. The Balaban J connectivity index is 2.66. The zero-order chi connectivity index (χ0) is 9.68. The van der Waals surface area contributed by atoms with Crippen molar-refractivity contribution in [2.45, 2.75) is 37.0 Å². The summed E-state index contributed by atoms with van der Waals surface area (Å²) in [6.07, 6.45) is 1.21. The zero-order valence-corrected chi connectivity index (χ0v) is 9.10. The van der Waals surface area contributed by atoms with E-state index < -0.39 is 0 Å². The normalized spacial score (nSPS) is 12.8. The molecule has 1 unspecified atom stereocenters. The molecule has 0 heterocycles. The fourth-order valence-electron chi connectivity index (χ4n) is 1.06. The summed E-state index contributed by atoms with van der Waals surface area (Å²) < 4.78 is 0. The summed E-state index contributed by atoms with van der Waals surface area (Å²) in [4.78, 5) is 1.33. The van der Waals surface area contributed by atoms with Crippen LogP contribution in [0.3, 0.4) is 0 Å². The third-order valence-corrected chi connectivity index (χ3v) is 3.31. The van der Waals surface area contributed by atoms with Gasteiger partial charge in [-0.25, -0.2) is 0 Å². The zero-order valence-electron chi connectivity index (χ0n) is 8.29. The van der Waals surface area contributed by atoms with E-state index in [2.05, 4.69) is 38.1 Å². The van der Waals surface area contributed by atoms with Gasteiger partial charge in [-0.2, -0.15) is 0 Å². The minimum atomic E-state index is 0.634. The van der Waals surface area contributed by atoms with Gasteiger partial charge in [-0.3, -0.25) is 0 Å². The summed E-state index contributed by atoms with van der Waals surface area (Å²) in [6.45, 7) is 5.10. The Morgan fingerprint density at radius 3 is 2.85 bits per heavy atom. The molecule has 2 N–H and O–H groups in total. The monoisotopic (exact) mass is 195 g/mol. The lowest BCUT2D eigenvalue weighted by atomic mass is 10.2. The van der Waals surface area contributed by atoms with Crippen LogP contribution >= 0.6 is 11.8 Å². The standard InChI is InChI=1S/C11H17NS/c1-3-9(2)13-11-6-4-5-10(7-11)8-12/h4-7,9H,3,8,12H2,1-2H3. The van der Waals surface area contributed by atoms with Crippen molar-refractivity contribution in [3.05, 3.63) is 29.8 Å². The Labute approximate surface area is 84.7 Å². The van der Waals surface area contributed by atoms with E-state index in [0.29, 0.717) is 11.8 Å². The highest BCUT2D eigenvalue weighted by Gasteiger charge is 2.01. The Hall–Kier alpha value is -0.470. The first kappa shape index (κ1) is 10.6. The lowest BCUT2D eigenvalue weighted by Gasteiger charge is -2.08. The van der Waals surface area contributed by atoms with Gasteiger partial charge >= 0.3 is 0 Å². The highest BCUT2D eigenvalue weighted by atomic mass is 32.2. The summed E-state index contributed by atoms with van der Waals surface area (Å²) in [5.74, 6) is 0. The van der Waals surface area contributed by atoms with Crippen LogP contribution < -0.4 is 5.73 Å². The highest BCUT2D eigenvalue weighted by Crippen LogP contribution is 2.25. The molecule has 0 aliphatic rings. The SMILES string of the molecule is CCC(C)Sc1cccc(CN)c1. The smallest absolute Gasteiger partial charge is 0.0178 e. The fourth-order valence-corrected chi connectivity index (χ4v) is 2.07. The quantitative estimate of drug-likeness (QED) is 0.747. The van der Waals surface area contributed by atoms with Crippen LogP contribution in [0.5, 0.6) is 0 Å². The van der Waals surface area contributed by atoms with Crippen molar-refractivity contribution in [3.63, 3.8) is 0 Å². The molecule has 0 aliphatic heterocycles. The van der Waals surface area contributed by atoms with Gasteiger partial charge in [0.1, 0.15) is 0 Å². The van der Waals surface area contributed by atoms with E-state index >= 15 is 0 Å². The molecular weight excluding hydrogens is 178 g/mol. The van der Waals surface area contributed by atoms with Crippen molar-refractivity contribution in [1.29, 1.82) is 0 Å². The number of hydrogen-bond acceptors (Lipinski definition) is 2. The summed E-state index contributed by atoms with van der Waals surface area (Å²) in [7, 11) is 0. The Kier molecular flexibility index (Phi) is 4.33. The molecule has 0 fully saturated rings. The van der Waals surface area contributed by atoms with E-state index in [1.807, 2.05) is 11.8 Å². The molecule has 0 saturated carbocycles. The molecule has 0 aliphatic carbocycles. The van der Waals surface area contributed by atoms with Crippen molar-refractivity contribution in [2.24, 2.45) is 5.73 Å². The van der Waals surface area contributed by atoms with Gasteiger partial charge < -0.3 is 5.73 Å². The van der Waals surface area contributed by atoms with E-state index in [1.54, 1.807) is 0 Å². The van der Waals surface area contributed by atoms with Crippen molar-refractivity contribution in [3.8, 4) is 0 Å². The van der Waals surface area contributed by atoms with Crippen LogP contribution in [0.4, 0.5) is 0 Å². The first-order valence-electron chi connectivity index (χ1n) is 4.72. The first-order chi connectivity index (χ1) is 6.26. The third-order valence-electron chi connectivity index (χ3n) is 2.05. The van der Waals surface area contributed by atoms with Gasteiger partial charge in [0.15, 0.2) is 0 Å². The van der Waals surface area contributed by atoms with Gasteiger partial charge in [-0.1, -0.05) is 26.0 Å². The summed E-state index contributed by atoms with van der Waals surface area (Å²) >= 11 is 1.92. The van der Waals surface area contributed by atoms with Crippen molar-refractivity contribution < 1.29 is 0 Å². The topological polar surface area (TPSA) is 26.0 Å². The number of hydrogen-bond donors (Lipinski definition) is 1. The van der Waals surface area contributed by atoms with Crippen LogP contribution in [0.25, 0.3) is 0 Å². The molecule has 1 aromatic carbocycles. The maximum atomic E-state index is 5.57. The van der Waals surface area contributed by atoms with Crippen LogP contribution in [0, 0.1) is 0 Å². The lowest BCUT2D eigenvalue weighted by molar-refractivity contribution is 0.905. The van der Waals surface area contributed by atoms with Gasteiger partial charge in [0.05, 0.1) is 0 Å². The molecule has 0 spiro atoms. The maximum absolute atomic E-state index is 5.57. The second kappa shape index (κ2) is 5.30. The van der Waals surface area contributed by atoms with E-state index in [4.69, 9.17) is 5.73 Å². The van der Waals surface area contributed by atoms with E-state index in [9.17, 15) is 0 Å². The minimum Gasteiger partial charge on any atom is -0.326 e. The molecule has 13 heavy (non-hydrogen) atoms. The van der Waals surface area contributed by atoms with E-state index in [-0.39, 0.29) is 0 Å². The molecule has 72 valence electrons. The van der Waals surface area contributed by atoms with Gasteiger partial charge in [-0.15, -0.1) is 11.8 Å². The van der Waals surface area contributed by atoms with E-state index in [1.165, 1.54) is 16.9 Å². The van der Waals surface area contributed by atoms with Gasteiger partial charge in [0.2, 0.25) is 0 Å². The van der Waals surface area contributed by atoms with Crippen LogP contribution in [0.1, 0.15) is 25.8 Å². The average molecular weight is 195 g/mol. The molecule has 1 nitrogen and oxygen atoms in total. The fraction of sp³-hybridized carbons (Fsp3) is 0.455. The minimum absolute atomic E-state index is 0.634. The van der Waals surface area contributed by atoms with Crippen LogP contribution in [-0.4, -0.2) is 5.25 Å². The van der Waals surface area contributed by atoms with E-state index in [0.717, 1.165) is 0 Å². The Bertz CT molecular complexity index is 260. The highest BCUT2D eigenvalue weighted by molar-refractivity contribution is 7.99. The maximum Gasteiger partial charge on any atom is 0.0178 e. The van der Waals surface area contributed by atoms with Gasteiger partial charge in [0, 0.05) is 16.7 Å². The number of thioether (sulfide) groups is 1. The van der Waals surface area contributed by atoms with Crippen LogP contribution in [0.15, 0.2) is 29.2 Å². The lowest BCUT2D eigenvalue weighted by Crippen LogP contribution is -1.97. The molecule has 0 radical (unpaired) electrons. The second-order valence-corrected chi connectivity index (χ2v) is 4.70. The predicted molar refractivity (Wildman–Crippen MR) is 59.9 cm³/mol. The van der Waals surface area contributed by atoms with Crippen molar-refractivity contribution >= 4 is 11.8 Å². The van der Waals surface area contributed by atoms with Gasteiger partial charge in [-0.05, 0) is 24.1 Å². The van der Waals surface area contributed by atoms with Crippen LogP contribution in [0.2, 0.25) is 0 Å². The van der Waals surface area contributed by atoms with Crippen molar-refractivity contribution in [2.75, 3.05) is 0 Å².